The maximum absolute atomic E-state index is 11.0. The van der Waals surface area contributed by atoms with E-state index in [1.54, 1.807) is 24.3 Å². The summed E-state index contributed by atoms with van der Waals surface area (Å²) in [4.78, 5) is 2.30. The number of aliphatic hydroxyl groups excluding tert-OH is 1. The second-order valence-electron chi connectivity index (χ2n) is 8.17. The van der Waals surface area contributed by atoms with Gasteiger partial charge in [-0.1, -0.05) is 23.7 Å². The summed E-state index contributed by atoms with van der Waals surface area (Å²) in [5, 5.41) is 11.3. The molecule has 30 heavy (non-hydrogen) atoms. The third kappa shape index (κ3) is 5.34. The number of halogens is 1. The van der Waals surface area contributed by atoms with E-state index in [-0.39, 0.29) is 12.1 Å². The maximum Gasteiger partial charge on any atom is 0.119 e. The molecule has 0 spiro atoms. The van der Waals surface area contributed by atoms with Crippen molar-refractivity contribution < 1.29 is 18.6 Å². The van der Waals surface area contributed by atoms with Gasteiger partial charge in [0.1, 0.15) is 18.5 Å². The van der Waals surface area contributed by atoms with Crippen molar-refractivity contribution in [2.75, 3.05) is 31.0 Å². The molecule has 2 aromatic rings. The molecule has 0 radical (unpaired) electrons. The summed E-state index contributed by atoms with van der Waals surface area (Å²) >= 11 is 3.86. The first-order chi connectivity index (χ1) is 14.2. The van der Waals surface area contributed by atoms with Gasteiger partial charge in [0, 0.05) is 47.0 Å². The lowest BCUT2D eigenvalue weighted by Crippen LogP contribution is -2.46. The minimum absolute atomic E-state index is 0.105. The predicted molar refractivity (Wildman–Crippen MR) is 120 cm³/mol. The van der Waals surface area contributed by atoms with Gasteiger partial charge in [0.15, 0.2) is 0 Å². The molecule has 3 atom stereocenters. The Morgan fingerprint density at radius 1 is 1.33 bits per heavy atom. The maximum atomic E-state index is 11.0. The van der Waals surface area contributed by atoms with Crippen LogP contribution in [0.4, 0.5) is 5.69 Å². The van der Waals surface area contributed by atoms with Crippen LogP contribution in [0.1, 0.15) is 31.7 Å². The minimum atomic E-state index is -2.32. The molecule has 6 nitrogen and oxygen atoms in total. The molecule has 0 aliphatic carbocycles. The highest BCUT2D eigenvalue weighted by Gasteiger charge is 2.42. The largest absolute Gasteiger partial charge is 0.755 e. The lowest BCUT2D eigenvalue weighted by atomic mass is 9.82. The van der Waals surface area contributed by atoms with Crippen LogP contribution in [0.3, 0.4) is 0 Å². The molecule has 3 rings (SSSR count). The molecule has 1 unspecified atom stereocenters. The van der Waals surface area contributed by atoms with Gasteiger partial charge < -0.3 is 18.7 Å². The average molecular weight is 452 g/mol. The molecule has 0 amide bonds. The first kappa shape index (κ1) is 23.0. The summed E-state index contributed by atoms with van der Waals surface area (Å²) in [7, 11) is 1.47. The molecule has 1 fully saturated rings. The normalized spacial score (nSPS) is 20.7. The lowest BCUT2D eigenvalue weighted by molar-refractivity contribution is 0.0433. The highest BCUT2D eigenvalue weighted by Crippen LogP contribution is 2.42. The van der Waals surface area contributed by atoms with Crippen LogP contribution in [0.25, 0.3) is 0 Å². The topological polar surface area (TPSA) is 76.1 Å². The van der Waals surface area contributed by atoms with E-state index >= 15 is 0 Å². The van der Waals surface area contributed by atoms with Gasteiger partial charge in [-0.3, -0.25) is 9.11 Å². The molecule has 164 valence electrons. The van der Waals surface area contributed by atoms with Gasteiger partial charge in [-0.15, -0.1) is 0 Å². The molecule has 1 aliphatic rings. The highest BCUT2D eigenvalue weighted by molar-refractivity contribution is 7.80. The van der Waals surface area contributed by atoms with Crippen LogP contribution in [0.2, 0.25) is 5.02 Å². The molecule has 1 N–H and O–H groups in total. The minimum Gasteiger partial charge on any atom is -0.755 e. The predicted octanol–water partition coefficient (Wildman–Crippen LogP) is 3.58. The van der Waals surface area contributed by atoms with E-state index in [2.05, 4.69) is 24.8 Å². The fourth-order valence-corrected chi connectivity index (χ4v) is 4.60. The van der Waals surface area contributed by atoms with Crippen molar-refractivity contribution >= 4 is 28.6 Å². The van der Waals surface area contributed by atoms with E-state index in [1.807, 2.05) is 18.2 Å². The molecular weight excluding hydrogens is 424 g/mol. The number of hydrogen-bond donors (Lipinski definition) is 1. The zero-order valence-electron chi connectivity index (χ0n) is 17.5. The van der Waals surface area contributed by atoms with Crippen LogP contribution >= 0.6 is 11.6 Å². The van der Waals surface area contributed by atoms with Gasteiger partial charge >= 0.3 is 0 Å². The average Bonchev–Trinajstić information content (AvgIpc) is 3.00. The van der Waals surface area contributed by atoms with E-state index in [0.717, 1.165) is 22.3 Å². The smallest absolute Gasteiger partial charge is 0.119 e. The third-order valence-corrected chi connectivity index (χ3v) is 6.80. The van der Waals surface area contributed by atoms with E-state index in [1.165, 1.54) is 12.6 Å². The van der Waals surface area contributed by atoms with Crippen LogP contribution in [0.5, 0.6) is 5.75 Å². The van der Waals surface area contributed by atoms with E-state index in [9.17, 15) is 13.9 Å². The molecule has 1 saturated heterocycles. The molecule has 1 aliphatic heterocycles. The molecule has 0 bridgehead atoms. The van der Waals surface area contributed by atoms with Crippen molar-refractivity contribution in [1.82, 2.24) is 4.90 Å². The van der Waals surface area contributed by atoms with Crippen molar-refractivity contribution in [2.24, 2.45) is 0 Å². The summed E-state index contributed by atoms with van der Waals surface area (Å²) in [6, 6.07) is 14.7. The van der Waals surface area contributed by atoms with Gasteiger partial charge in [-0.05, 0) is 68.8 Å². The number of ether oxygens (including phenoxy) is 1. The standard InChI is InChI=1S/C22H29ClN2O4S/c1-22(2)21(16-5-4-6-17(23)13-16)11-12-25(22)14-19(26)15-29-20-9-7-18(8-10-20)24(3)30(27)28/h4-10,13,19,21,26H,11-12,14-15H2,1-3H3,(H,27,28)/p-1/t19-,21+/m0/s1. The van der Waals surface area contributed by atoms with Crippen molar-refractivity contribution in [3.8, 4) is 5.75 Å². The second kappa shape index (κ2) is 9.66. The Hall–Kier alpha value is -1.64. The lowest BCUT2D eigenvalue weighted by Gasteiger charge is -2.37. The van der Waals surface area contributed by atoms with Crippen LogP contribution in [0.15, 0.2) is 48.5 Å². The molecule has 8 heteroatoms. The van der Waals surface area contributed by atoms with Crippen molar-refractivity contribution in [1.29, 1.82) is 0 Å². The van der Waals surface area contributed by atoms with Crippen LogP contribution in [-0.2, 0) is 11.3 Å². The molecule has 2 aromatic carbocycles. The van der Waals surface area contributed by atoms with Crippen molar-refractivity contribution in [2.45, 2.75) is 37.8 Å². The number of rotatable bonds is 8. The number of likely N-dealkylation sites (tertiary alicyclic amines) is 1. The highest BCUT2D eigenvalue weighted by atomic mass is 35.5. The van der Waals surface area contributed by atoms with Crippen molar-refractivity contribution in [3.05, 3.63) is 59.1 Å². The monoisotopic (exact) mass is 451 g/mol. The SMILES string of the molecule is CN(c1ccc(OC[C@@H](O)CN2CC[C@H](c3cccc(Cl)c3)C2(C)C)cc1)S(=O)[O-]. The summed E-state index contributed by atoms with van der Waals surface area (Å²) in [6.07, 6.45) is 0.371. The van der Waals surface area contributed by atoms with E-state index in [4.69, 9.17) is 16.3 Å². The van der Waals surface area contributed by atoms with Crippen LogP contribution in [0, 0.1) is 0 Å². The fraction of sp³-hybridized carbons (Fsp3) is 0.455. The third-order valence-electron chi connectivity index (χ3n) is 5.90. The van der Waals surface area contributed by atoms with Gasteiger partial charge in [0.2, 0.25) is 0 Å². The number of nitrogens with zero attached hydrogens (tertiary/aromatic N) is 2. The van der Waals surface area contributed by atoms with Gasteiger partial charge in [-0.25, -0.2) is 0 Å². The van der Waals surface area contributed by atoms with Crippen LogP contribution in [-0.4, -0.2) is 57.2 Å². The van der Waals surface area contributed by atoms with Gasteiger partial charge in [0.25, 0.3) is 0 Å². The first-order valence-corrected chi connectivity index (χ1v) is 11.3. The summed E-state index contributed by atoms with van der Waals surface area (Å²) in [5.74, 6) is 0.931. The Bertz CT molecular complexity index is 878. The van der Waals surface area contributed by atoms with Gasteiger partial charge in [-0.2, -0.15) is 0 Å². The molecular formula is C22H28ClN2O4S-. The quantitative estimate of drug-likeness (QED) is 0.621. The fourth-order valence-electron chi connectivity index (χ4n) is 4.11. The number of benzene rings is 2. The first-order valence-electron chi connectivity index (χ1n) is 9.93. The zero-order valence-corrected chi connectivity index (χ0v) is 19.0. The Labute approximate surface area is 185 Å². The van der Waals surface area contributed by atoms with Crippen LogP contribution < -0.4 is 9.04 Å². The second-order valence-corrected chi connectivity index (χ2v) is 9.59. The number of hydrogen-bond acceptors (Lipinski definition) is 5. The Kier molecular flexibility index (Phi) is 7.42. The molecule has 1 heterocycles. The Morgan fingerprint density at radius 2 is 2.03 bits per heavy atom. The number of aliphatic hydroxyl groups is 1. The van der Waals surface area contributed by atoms with E-state index in [0.29, 0.717) is 23.9 Å². The van der Waals surface area contributed by atoms with E-state index < -0.39 is 17.4 Å². The number of β-amino-alcohol motifs (C(OH)–C–C–N with tert-alkyl or cyclic N) is 1. The summed E-state index contributed by atoms with van der Waals surface area (Å²) in [6.45, 7) is 5.98. The summed E-state index contributed by atoms with van der Waals surface area (Å²) < 4.78 is 28.8. The van der Waals surface area contributed by atoms with Gasteiger partial charge in [0.05, 0.1) is 0 Å². The zero-order chi connectivity index (χ0) is 21.9. The molecule has 0 aromatic heterocycles. The Balaban J connectivity index is 1.55. The molecule has 0 saturated carbocycles. The summed E-state index contributed by atoms with van der Waals surface area (Å²) in [5.41, 5.74) is 1.67. The Morgan fingerprint density at radius 3 is 2.67 bits per heavy atom. The number of anilines is 1. The van der Waals surface area contributed by atoms with Crippen molar-refractivity contribution in [3.63, 3.8) is 0 Å².